The van der Waals surface area contributed by atoms with Gasteiger partial charge in [0.15, 0.2) is 0 Å². The smallest absolute Gasteiger partial charge is 0.101 e. The van der Waals surface area contributed by atoms with Crippen LogP contribution in [-0.2, 0) is 4.74 Å². The molecule has 0 aromatic carbocycles. The van der Waals surface area contributed by atoms with Crippen LogP contribution in [0.5, 0.6) is 0 Å². The summed E-state index contributed by atoms with van der Waals surface area (Å²) >= 11 is 0. The number of allylic oxidation sites excluding steroid dienone is 1. The molecule has 0 aromatic rings. The van der Waals surface area contributed by atoms with Gasteiger partial charge in [-0.05, 0) is 32.6 Å². The first-order valence-electron chi connectivity index (χ1n) is 23.6. The number of hydrogen-bond donors (Lipinski definition) is 1. The molecule has 0 aromatic heterocycles. The van der Waals surface area contributed by atoms with E-state index in [-0.39, 0.29) is 11.1 Å². The normalized spacial score (nSPS) is 16.1. The van der Waals surface area contributed by atoms with Crippen molar-refractivity contribution in [1.82, 2.24) is 5.32 Å². The van der Waals surface area contributed by atoms with E-state index in [1.165, 1.54) is 244 Å². The lowest BCUT2D eigenvalue weighted by Crippen LogP contribution is -2.64. The molecule has 1 saturated heterocycles. The standard InChI is InChI=1S/C48H95NO/c1-6-11-15-19-23-27-31-35-39-47(40-36-32-28-24-20-16-12-7-2)44-46(50-43-10-5)45-48(49-47,41-37-33-29-25-21-17-13-8-3)42-38-34-30-26-22-18-14-9-4/h10,43,46,49H,6-9,11-42,44-45H2,1-5H3. The Hall–Kier alpha value is -0.500. The first kappa shape index (κ1) is 47.5. The molecule has 0 amide bonds. The first-order valence-corrected chi connectivity index (χ1v) is 23.6. The minimum absolute atomic E-state index is 0.245. The first-order chi connectivity index (χ1) is 24.6. The fourth-order valence-corrected chi connectivity index (χ4v) is 9.19. The van der Waals surface area contributed by atoms with Gasteiger partial charge in [0.1, 0.15) is 6.10 Å². The monoisotopic (exact) mass is 702 g/mol. The minimum atomic E-state index is 0.245. The van der Waals surface area contributed by atoms with Gasteiger partial charge < -0.3 is 10.1 Å². The van der Waals surface area contributed by atoms with Crippen molar-refractivity contribution >= 4 is 0 Å². The molecule has 0 atom stereocenters. The highest BCUT2D eigenvalue weighted by atomic mass is 16.5. The topological polar surface area (TPSA) is 21.3 Å². The zero-order valence-electron chi connectivity index (χ0n) is 35.5. The van der Waals surface area contributed by atoms with Gasteiger partial charge in [-0.1, -0.05) is 239 Å². The summed E-state index contributed by atoms with van der Waals surface area (Å²) < 4.78 is 6.65. The predicted octanol–water partition coefficient (Wildman–Crippen LogP) is 16.9. The SMILES string of the molecule is CC=COC1CC(CCCCCCCCCC)(CCCCCCCCCC)NC(CCCCCCCCCC)(CCCCCCCCCC)C1. The Bertz CT molecular complexity index is 623. The Morgan fingerprint density at radius 3 is 0.880 bits per heavy atom. The highest BCUT2D eigenvalue weighted by Gasteiger charge is 2.47. The van der Waals surface area contributed by atoms with Crippen LogP contribution in [0.3, 0.4) is 0 Å². The van der Waals surface area contributed by atoms with Crippen molar-refractivity contribution in [2.75, 3.05) is 0 Å². The third-order valence-corrected chi connectivity index (χ3v) is 12.2. The van der Waals surface area contributed by atoms with Crippen LogP contribution in [0.1, 0.15) is 279 Å². The average molecular weight is 702 g/mol. The van der Waals surface area contributed by atoms with E-state index in [4.69, 9.17) is 4.74 Å². The molecule has 298 valence electrons. The number of nitrogens with one attached hydrogen (secondary N) is 1. The Balaban J connectivity index is 3.04. The largest absolute Gasteiger partial charge is 0.498 e. The maximum absolute atomic E-state index is 6.65. The molecule has 0 radical (unpaired) electrons. The van der Waals surface area contributed by atoms with Gasteiger partial charge in [0.2, 0.25) is 0 Å². The van der Waals surface area contributed by atoms with Crippen molar-refractivity contribution < 1.29 is 4.74 Å². The molecule has 1 N–H and O–H groups in total. The highest BCUT2D eigenvalue weighted by Crippen LogP contribution is 2.42. The second kappa shape index (κ2) is 34.3. The van der Waals surface area contributed by atoms with Gasteiger partial charge in [-0.15, -0.1) is 0 Å². The number of piperidine rings is 1. The van der Waals surface area contributed by atoms with Crippen molar-refractivity contribution in [2.24, 2.45) is 0 Å². The molecule has 1 aliphatic rings. The molecule has 0 saturated carbocycles. The van der Waals surface area contributed by atoms with Crippen LogP contribution < -0.4 is 5.32 Å². The summed E-state index contributed by atoms with van der Waals surface area (Å²) in [4.78, 5) is 0. The fraction of sp³-hybridized carbons (Fsp3) is 0.958. The van der Waals surface area contributed by atoms with Crippen molar-refractivity contribution in [1.29, 1.82) is 0 Å². The summed E-state index contributed by atoms with van der Waals surface area (Å²) in [5.74, 6) is 0. The number of hydrogen-bond acceptors (Lipinski definition) is 2. The van der Waals surface area contributed by atoms with Gasteiger partial charge in [0.25, 0.3) is 0 Å². The third kappa shape index (κ3) is 25.5. The van der Waals surface area contributed by atoms with Crippen LogP contribution in [0, 0.1) is 0 Å². The van der Waals surface area contributed by atoms with E-state index in [0.717, 1.165) is 0 Å². The van der Waals surface area contributed by atoms with Gasteiger partial charge in [-0.2, -0.15) is 0 Å². The lowest BCUT2D eigenvalue weighted by atomic mass is 9.69. The maximum Gasteiger partial charge on any atom is 0.101 e. The summed E-state index contributed by atoms with van der Waals surface area (Å²) in [5.41, 5.74) is 0.491. The Kier molecular flexibility index (Phi) is 32.6. The summed E-state index contributed by atoms with van der Waals surface area (Å²) in [5, 5.41) is 4.66. The van der Waals surface area contributed by atoms with Crippen molar-refractivity contribution in [3.8, 4) is 0 Å². The van der Waals surface area contributed by atoms with E-state index in [0.29, 0.717) is 6.10 Å². The highest BCUT2D eigenvalue weighted by molar-refractivity contribution is 5.06. The van der Waals surface area contributed by atoms with E-state index in [2.05, 4.69) is 46.0 Å². The quantitative estimate of drug-likeness (QED) is 0.0511. The van der Waals surface area contributed by atoms with E-state index in [1.54, 1.807) is 0 Å². The Morgan fingerprint density at radius 1 is 0.400 bits per heavy atom. The van der Waals surface area contributed by atoms with Crippen LogP contribution in [0.4, 0.5) is 0 Å². The molecule has 50 heavy (non-hydrogen) atoms. The molecule has 1 fully saturated rings. The molecule has 0 unspecified atom stereocenters. The zero-order chi connectivity index (χ0) is 36.3. The molecule has 0 aliphatic carbocycles. The van der Waals surface area contributed by atoms with E-state index >= 15 is 0 Å². The van der Waals surface area contributed by atoms with E-state index in [1.807, 2.05) is 6.26 Å². The molecule has 1 rings (SSSR count). The Morgan fingerprint density at radius 2 is 0.640 bits per heavy atom. The molecule has 2 heteroatoms. The van der Waals surface area contributed by atoms with Gasteiger partial charge in [0, 0.05) is 23.9 Å². The second-order valence-electron chi connectivity index (χ2n) is 17.2. The van der Waals surface area contributed by atoms with Crippen LogP contribution in [0.15, 0.2) is 12.3 Å². The molecular formula is C48H95NO. The van der Waals surface area contributed by atoms with Crippen LogP contribution in [0.2, 0.25) is 0 Å². The maximum atomic E-state index is 6.65. The van der Waals surface area contributed by atoms with Crippen LogP contribution >= 0.6 is 0 Å². The molecule has 2 nitrogen and oxygen atoms in total. The molecule has 0 spiro atoms. The van der Waals surface area contributed by atoms with Crippen molar-refractivity contribution in [2.45, 2.75) is 296 Å². The number of unbranched alkanes of at least 4 members (excludes halogenated alkanes) is 28. The Labute approximate surface area is 317 Å². The summed E-state index contributed by atoms with van der Waals surface area (Å²) in [6.07, 6.45) is 57.6. The van der Waals surface area contributed by atoms with Crippen LogP contribution in [0.25, 0.3) is 0 Å². The van der Waals surface area contributed by atoms with Crippen molar-refractivity contribution in [3.05, 3.63) is 12.3 Å². The summed E-state index contributed by atoms with van der Waals surface area (Å²) in [6, 6.07) is 0. The molecule has 0 bridgehead atoms. The molecule has 1 aliphatic heterocycles. The van der Waals surface area contributed by atoms with E-state index in [9.17, 15) is 0 Å². The number of ether oxygens (including phenoxy) is 1. The summed E-state index contributed by atoms with van der Waals surface area (Å²) in [6.45, 7) is 11.5. The van der Waals surface area contributed by atoms with Crippen LogP contribution in [-0.4, -0.2) is 17.2 Å². The second-order valence-corrected chi connectivity index (χ2v) is 17.2. The fourth-order valence-electron chi connectivity index (χ4n) is 9.19. The zero-order valence-corrected chi connectivity index (χ0v) is 35.5. The predicted molar refractivity (Wildman–Crippen MR) is 226 cm³/mol. The number of rotatable bonds is 38. The minimum Gasteiger partial charge on any atom is -0.498 e. The van der Waals surface area contributed by atoms with Crippen molar-refractivity contribution in [3.63, 3.8) is 0 Å². The average Bonchev–Trinajstić information content (AvgIpc) is 3.12. The third-order valence-electron chi connectivity index (χ3n) is 12.2. The lowest BCUT2D eigenvalue weighted by molar-refractivity contribution is -0.0133. The summed E-state index contributed by atoms with van der Waals surface area (Å²) in [7, 11) is 0. The van der Waals surface area contributed by atoms with Gasteiger partial charge >= 0.3 is 0 Å². The van der Waals surface area contributed by atoms with Gasteiger partial charge in [0.05, 0.1) is 6.26 Å². The lowest BCUT2D eigenvalue weighted by Gasteiger charge is -2.53. The van der Waals surface area contributed by atoms with E-state index < -0.39 is 0 Å². The molecule has 1 heterocycles. The molecular weight excluding hydrogens is 607 g/mol. The van der Waals surface area contributed by atoms with Gasteiger partial charge in [-0.25, -0.2) is 0 Å². The van der Waals surface area contributed by atoms with Gasteiger partial charge in [-0.3, -0.25) is 0 Å².